The van der Waals surface area contributed by atoms with E-state index in [4.69, 9.17) is 4.74 Å². The quantitative estimate of drug-likeness (QED) is 0.535. The molecule has 0 radical (unpaired) electrons. The summed E-state index contributed by atoms with van der Waals surface area (Å²) in [7, 11) is 0. The summed E-state index contributed by atoms with van der Waals surface area (Å²) in [6, 6.07) is 2.38. The van der Waals surface area contributed by atoms with Crippen molar-refractivity contribution in [2.24, 2.45) is 0 Å². The van der Waals surface area contributed by atoms with Gasteiger partial charge in [0.1, 0.15) is 11.8 Å². The van der Waals surface area contributed by atoms with Gasteiger partial charge < -0.3 is 4.74 Å². The number of piperidine rings is 1. The van der Waals surface area contributed by atoms with Crippen molar-refractivity contribution in [3.8, 4) is 5.75 Å². The number of hydrogen-bond acceptors (Lipinski definition) is 5. The minimum atomic E-state index is -4.58. The number of nitrogens with zero attached hydrogens (tertiary/aromatic N) is 1. The Bertz CT molecular complexity index is 884. The molecular formula is C20H21F3N2O5. The number of rotatable bonds is 7. The molecule has 1 fully saturated rings. The first kappa shape index (κ1) is 21.8. The summed E-state index contributed by atoms with van der Waals surface area (Å²) in [6.45, 7) is 1.88. The van der Waals surface area contributed by atoms with Gasteiger partial charge in [0.15, 0.2) is 6.10 Å². The van der Waals surface area contributed by atoms with Gasteiger partial charge in [-0.2, -0.15) is 13.2 Å². The van der Waals surface area contributed by atoms with Gasteiger partial charge in [-0.15, -0.1) is 0 Å². The molecule has 2 atom stereocenters. The summed E-state index contributed by atoms with van der Waals surface area (Å²) in [6.07, 6.45) is -5.12. The minimum Gasteiger partial charge on any atom is -0.481 e. The van der Waals surface area contributed by atoms with Crippen LogP contribution < -0.4 is 10.1 Å². The molecule has 0 bridgehead atoms. The molecule has 7 nitrogen and oxygen atoms in total. The molecule has 3 rings (SSSR count). The molecule has 2 unspecified atom stereocenters. The van der Waals surface area contributed by atoms with E-state index in [0.717, 1.165) is 17.4 Å². The van der Waals surface area contributed by atoms with Crippen LogP contribution in [0.25, 0.3) is 0 Å². The first-order valence-electron chi connectivity index (χ1n) is 9.72. The van der Waals surface area contributed by atoms with Crippen LogP contribution >= 0.6 is 0 Å². The van der Waals surface area contributed by atoms with Crippen LogP contribution in [0.5, 0.6) is 5.75 Å². The fraction of sp³-hybridized carbons (Fsp3) is 0.500. The van der Waals surface area contributed by atoms with Gasteiger partial charge in [0, 0.05) is 6.42 Å². The van der Waals surface area contributed by atoms with Crippen molar-refractivity contribution in [2.45, 2.75) is 63.8 Å². The number of nitrogens with one attached hydrogen (secondary N) is 1. The van der Waals surface area contributed by atoms with Crippen molar-refractivity contribution in [3.63, 3.8) is 0 Å². The second-order valence-electron chi connectivity index (χ2n) is 7.30. The van der Waals surface area contributed by atoms with Crippen LogP contribution in [0.4, 0.5) is 13.2 Å². The highest BCUT2D eigenvalue weighted by Gasteiger charge is 2.45. The molecule has 0 aliphatic carbocycles. The molecule has 4 amide bonds. The molecule has 10 heteroatoms. The summed E-state index contributed by atoms with van der Waals surface area (Å²) in [5.74, 6) is -2.97. The van der Waals surface area contributed by atoms with Crippen LogP contribution in [-0.2, 0) is 9.59 Å². The van der Waals surface area contributed by atoms with Crippen molar-refractivity contribution in [2.75, 3.05) is 0 Å². The Labute approximate surface area is 170 Å². The summed E-state index contributed by atoms with van der Waals surface area (Å²) in [5.41, 5.74) is -0.150. The van der Waals surface area contributed by atoms with E-state index in [1.807, 2.05) is 6.92 Å². The molecule has 2 aliphatic rings. The van der Waals surface area contributed by atoms with Gasteiger partial charge in [-0.3, -0.25) is 29.4 Å². The lowest BCUT2D eigenvalue weighted by Gasteiger charge is -2.27. The average molecular weight is 426 g/mol. The lowest BCUT2D eigenvalue weighted by atomic mass is 10.0. The predicted octanol–water partition coefficient (Wildman–Crippen LogP) is 2.98. The van der Waals surface area contributed by atoms with Gasteiger partial charge in [-0.05, 0) is 37.5 Å². The molecule has 1 aromatic rings. The molecule has 1 N–H and O–H groups in total. The maximum absolute atomic E-state index is 13.3. The van der Waals surface area contributed by atoms with Crippen molar-refractivity contribution in [3.05, 3.63) is 29.3 Å². The molecule has 2 heterocycles. The lowest BCUT2D eigenvalue weighted by Crippen LogP contribution is -2.54. The van der Waals surface area contributed by atoms with Crippen LogP contribution in [0.1, 0.15) is 66.2 Å². The molecule has 30 heavy (non-hydrogen) atoms. The number of alkyl halides is 3. The Morgan fingerprint density at radius 3 is 2.47 bits per heavy atom. The van der Waals surface area contributed by atoms with Crippen LogP contribution in [-0.4, -0.2) is 46.9 Å². The first-order valence-corrected chi connectivity index (χ1v) is 9.72. The third kappa shape index (κ3) is 4.31. The van der Waals surface area contributed by atoms with Gasteiger partial charge in [0.2, 0.25) is 11.8 Å². The highest BCUT2D eigenvalue weighted by atomic mass is 19.4. The van der Waals surface area contributed by atoms with Crippen LogP contribution in [0.3, 0.4) is 0 Å². The topological polar surface area (TPSA) is 92.8 Å². The maximum atomic E-state index is 13.3. The largest absolute Gasteiger partial charge is 0.481 e. The fourth-order valence-electron chi connectivity index (χ4n) is 3.56. The Morgan fingerprint density at radius 1 is 1.13 bits per heavy atom. The number of carbonyl (C=O) groups is 4. The molecule has 1 saturated heterocycles. The molecule has 0 spiro atoms. The van der Waals surface area contributed by atoms with E-state index in [9.17, 15) is 32.3 Å². The fourth-order valence-corrected chi connectivity index (χ4v) is 3.56. The van der Waals surface area contributed by atoms with Gasteiger partial charge in [-0.1, -0.05) is 19.8 Å². The Balaban J connectivity index is 1.81. The predicted molar refractivity (Wildman–Crippen MR) is 97.7 cm³/mol. The second kappa shape index (κ2) is 8.45. The van der Waals surface area contributed by atoms with E-state index in [1.165, 1.54) is 12.1 Å². The number of hydrogen-bond donors (Lipinski definition) is 1. The summed E-state index contributed by atoms with van der Waals surface area (Å²) in [5, 5.41) is 2.08. The number of halogens is 3. The molecule has 0 aromatic heterocycles. The lowest BCUT2D eigenvalue weighted by molar-refractivity contribution is -0.197. The highest BCUT2D eigenvalue weighted by molar-refractivity contribution is 6.23. The zero-order valence-electron chi connectivity index (χ0n) is 16.3. The van der Waals surface area contributed by atoms with Gasteiger partial charge in [-0.25, -0.2) is 0 Å². The third-order valence-electron chi connectivity index (χ3n) is 5.12. The minimum absolute atomic E-state index is 0.00688. The van der Waals surface area contributed by atoms with Crippen molar-refractivity contribution < 1.29 is 37.1 Å². The summed E-state index contributed by atoms with van der Waals surface area (Å²) < 4.78 is 45.0. The smallest absolute Gasteiger partial charge is 0.425 e. The summed E-state index contributed by atoms with van der Waals surface area (Å²) in [4.78, 5) is 49.5. The number of benzene rings is 1. The summed E-state index contributed by atoms with van der Waals surface area (Å²) >= 11 is 0. The highest BCUT2D eigenvalue weighted by Crippen LogP contribution is 2.33. The van der Waals surface area contributed by atoms with Gasteiger partial charge in [0.25, 0.3) is 11.8 Å². The molecule has 0 saturated carbocycles. The Hall–Kier alpha value is -2.91. The maximum Gasteiger partial charge on any atom is 0.425 e. The molecule has 2 aliphatic heterocycles. The van der Waals surface area contributed by atoms with Crippen LogP contribution in [0.15, 0.2) is 18.2 Å². The Morgan fingerprint density at radius 2 is 1.83 bits per heavy atom. The van der Waals surface area contributed by atoms with Crippen LogP contribution in [0, 0.1) is 0 Å². The van der Waals surface area contributed by atoms with Crippen molar-refractivity contribution in [1.29, 1.82) is 0 Å². The van der Waals surface area contributed by atoms with Crippen molar-refractivity contribution in [1.82, 2.24) is 10.2 Å². The van der Waals surface area contributed by atoms with E-state index in [0.29, 0.717) is 12.8 Å². The number of unbranched alkanes of at least 4 members (excludes halogenated alkanes) is 2. The van der Waals surface area contributed by atoms with Gasteiger partial charge in [0.05, 0.1) is 11.1 Å². The van der Waals surface area contributed by atoms with E-state index in [-0.39, 0.29) is 36.1 Å². The van der Waals surface area contributed by atoms with E-state index < -0.39 is 42.0 Å². The zero-order valence-corrected chi connectivity index (χ0v) is 16.3. The number of ether oxygens (including phenoxy) is 1. The molecule has 1 aromatic carbocycles. The zero-order chi connectivity index (χ0) is 22.1. The van der Waals surface area contributed by atoms with Crippen molar-refractivity contribution >= 4 is 23.6 Å². The van der Waals surface area contributed by atoms with Gasteiger partial charge >= 0.3 is 6.18 Å². The monoisotopic (exact) mass is 426 g/mol. The van der Waals surface area contributed by atoms with Crippen LogP contribution in [0.2, 0.25) is 0 Å². The first-order chi connectivity index (χ1) is 14.1. The number of amides is 4. The third-order valence-corrected chi connectivity index (χ3v) is 5.12. The standard InChI is InChI=1S/C20H21F3N2O5/c1-2-3-4-5-15(20(21,22)23)30-11-6-7-12-13(10-11)19(29)25(18(12)28)14-8-9-16(26)24-17(14)27/h6-7,10,14-15H,2-5,8-9H2,1H3,(H,24,26,27). The van der Waals surface area contributed by atoms with E-state index >= 15 is 0 Å². The number of carbonyl (C=O) groups excluding carboxylic acids is 4. The number of imide groups is 2. The second-order valence-corrected chi connectivity index (χ2v) is 7.30. The normalized spacial score (nSPS) is 20.3. The Kier molecular flexibility index (Phi) is 6.14. The van der Waals surface area contributed by atoms with E-state index in [2.05, 4.69) is 5.32 Å². The number of fused-ring (bicyclic) bond motifs is 1. The average Bonchev–Trinajstić information content (AvgIpc) is 2.91. The molecular weight excluding hydrogens is 405 g/mol. The molecule has 162 valence electrons. The SMILES string of the molecule is CCCCCC(Oc1ccc2c(c1)C(=O)N(C1CCC(=O)NC1=O)C2=O)C(F)(F)F. The van der Waals surface area contributed by atoms with E-state index in [1.54, 1.807) is 0 Å².